The Morgan fingerprint density at radius 1 is 1.14 bits per heavy atom. The summed E-state index contributed by atoms with van der Waals surface area (Å²) in [5.74, 6) is 1.35. The number of nitrogens with zero attached hydrogens (tertiary/aromatic N) is 6. The number of likely N-dealkylation sites (tertiary alicyclic amines) is 1. The van der Waals surface area contributed by atoms with Gasteiger partial charge in [-0.25, -0.2) is 14.4 Å². The summed E-state index contributed by atoms with van der Waals surface area (Å²) in [7, 11) is 1.53. The summed E-state index contributed by atoms with van der Waals surface area (Å²) in [5.41, 5.74) is 2.41. The van der Waals surface area contributed by atoms with Gasteiger partial charge in [-0.3, -0.25) is 9.78 Å². The SMILES string of the molecule is C=CC(=O)N1CC(Oc2cc3c(Nc4ccc(Oc5nc(-c6ccc(C)nc6)ns5)cc4F)ncnc3cc2OC)C1. The normalized spacial score (nSPS) is 13.0. The van der Waals surface area contributed by atoms with Gasteiger partial charge in [-0.2, -0.15) is 9.36 Å². The fourth-order valence-electron chi connectivity index (χ4n) is 4.27. The molecule has 0 aliphatic carbocycles. The Bertz CT molecular complexity index is 1790. The third-order valence-corrected chi connectivity index (χ3v) is 7.12. The molecule has 3 aromatic heterocycles. The summed E-state index contributed by atoms with van der Waals surface area (Å²) >= 11 is 1.06. The van der Waals surface area contributed by atoms with Gasteiger partial charge in [0, 0.05) is 46.5 Å². The van der Waals surface area contributed by atoms with Crippen LogP contribution in [0.3, 0.4) is 0 Å². The van der Waals surface area contributed by atoms with Crippen molar-refractivity contribution in [2.24, 2.45) is 0 Å². The summed E-state index contributed by atoms with van der Waals surface area (Å²) < 4.78 is 36.9. The second-order valence-electron chi connectivity index (χ2n) is 9.37. The number of hydrogen-bond donors (Lipinski definition) is 1. The van der Waals surface area contributed by atoms with Crippen LogP contribution in [-0.2, 0) is 4.79 Å². The number of carbonyl (C=O) groups excluding carboxylic acids is 1. The van der Waals surface area contributed by atoms with E-state index in [-0.39, 0.29) is 28.6 Å². The zero-order chi connectivity index (χ0) is 29.2. The van der Waals surface area contributed by atoms with E-state index in [4.69, 9.17) is 14.2 Å². The molecule has 212 valence electrons. The molecule has 4 heterocycles. The average molecular weight is 586 g/mol. The molecule has 1 aliphatic rings. The second kappa shape index (κ2) is 11.4. The lowest BCUT2D eigenvalue weighted by atomic mass is 10.1. The van der Waals surface area contributed by atoms with E-state index in [1.807, 2.05) is 19.1 Å². The van der Waals surface area contributed by atoms with Crippen LogP contribution in [0.2, 0.25) is 0 Å². The van der Waals surface area contributed by atoms with Crippen molar-refractivity contribution in [2.45, 2.75) is 13.0 Å². The molecule has 0 radical (unpaired) electrons. The van der Waals surface area contributed by atoms with Crippen LogP contribution in [0.4, 0.5) is 15.9 Å². The number of carbonyl (C=O) groups is 1. The highest BCUT2D eigenvalue weighted by molar-refractivity contribution is 7.07. The molecule has 1 amide bonds. The number of benzene rings is 2. The molecule has 0 bridgehead atoms. The number of rotatable bonds is 9. The van der Waals surface area contributed by atoms with Crippen molar-refractivity contribution >= 4 is 39.8 Å². The van der Waals surface area contributed by atoms with Crippen molar-refractivity contribution in [1.82, 2.24) is 29.2 Å². The van der Waals surface area contributed by atoms with Gasteiger partial charge >= 0.3 is 0 Å². The Balaban J connectivity index is 1.19. The third kappa shape index (κ3) is 5.54. The topological polar surface area (TPSA) is 124 Å². The van der Waals surface area contributed by atoms with Crippen LogP contribution in [0, 0.1) is 12.7 Å². The standard InChI is InChI=1S/C29H24FN7O4S/c1-4-26(38)37-13-19(14-37)40-25-10-20-23(11-24(25)39-3)32-15-33-28(20)34-22-8-7-18(9-21(22)30)41-29-35-27(36-42-29)17-6-5-16(2)31-12-17/h4-12,15,19H,1,13-14H2,2-3H3,(H,32,33,34). The first kappa shape index (κ1) is 27.0. The van der Waals surface area contributed by atoms with Crippen molar-refractivity contribution < 1.29 is 23.4 Å². The van der Waals surface area contributed by atoms with Crippen LogP contribution >= 0.6 is 11.5 Å². The van der Waals surface area contributed by atoms with Crippen LogP contribution < -0.4 is 19.5 Å². The molecule has 1 saturated heterocycles. The smallest absolute Gasteiger partial charge is 0.299 e. The Labute approximate surface area is 243 Å². The molecule has 42 heavy (non-hydrogen) atoms. The number of methoxy groups -OCH3 is 1. The molecule has 2 aromatic carbocycles. The Hall–Kier alpha value is -5.17. The van der Waals surface area contributed by atoms with Crippen molar-refractivity contribution in [3.05, 3.63) is 79.2 Å². The van der Waals surface area contributed by atoms with Gasteiger partial charge in [-0.05, 0) is 43.3 Å². The molecule has 0 spiro atoms. The molecular weight excluding hydrogens is 561 g/mol. The quantitative estimate of drug-likeness (QED) is 0.228. The Morgan fingerprint density at radius 3 is 2.74 bits per heavy atom. The Kier molecular flexibility index (Phi) is 7.32. The largest absolute Gasteiger partial charge is 0.493 e. The van der Waals surface area contributed by atoms with E-state index in [0.717, 1.165) is 22.8 Å². The number of hydrogen-bond acceptors (Lipinski definition) is 11. The molecule has 11 nitrogen and oxygen atoms in total. The lowest BCUT2D eigenvalue weighted by Crippen LogP contribution is -2.55. The number of nitrogens with one attached hydrogen (secondary N) is 1. The highest BCUT2D eigenvalue weighted by Crippen LogP contribution is 2.37. The summed E-state index contributed by atoms with van der Waals surface area (Å²) in [6, 6.07) is 11.6. The maximum atomic E-state index is 15.2. The highest BCUT2D eigenvalue weighted by Gasteiger charge is 2.31. The van der Waals surface area contributed by atoms with Gasteiger partial charge in [0.05, 0.1) is 31.4 Å². The average Bonchev–Trinajstić information content (AvgIpc) is 3.44. The van der Waals surface area contributed by atoms with Crippen LogP contribution in [0.15, 0.2) is 67.6 Å². The van der Waals surface area contributed by atoms with E-state index in [0.29, 0.717) is 47.1 Å². The molecule has 0 unspecified atom stereocenters. The summed E-state index contributed by atoms with van der Waals surface area (Å²) in [6.07, 6.45) is 4.14. The first-order valence-electron chi connectivity index (χ1n) is 12.8. The van der Waals surface area contributed by atoms with Crippen molar-refractivity contribution in [3.8, 4) is 33.8 Å². The molecular formula is C29H24FN7O4S. The number of amides is 1. The number of fused-ring (bicyclic) bond motifs is 1. The van der Waals surface area contributed by atoms with E-state index in [2.05, 4.69) is 36.2 Å². The predicted octanol–water partition coefficient (Wildman–Crippen LogP) is 5.31. The molecule has 6 rings (SSSR count). The molecule has 1 N–H and O–H groups in total. The molecule has 1 fully saturated rings. The van der Waals surface area contributed by atoms with Crippen molar-refractivity contribution in [3.63, 3.8) is 0 Å². The zero-order valence-electron chi connectivity index (χ0n) is 22.6. The molecule has 0 saturated carbocycles. The van der Waals surface area contributed by atoms with Gasteiger partial charge < -0.3 is 24.4 Å². The monoisotopic (exact) mass is 585 g/mol. The van der Waals surface area contributed by atoms with E-state index < -0.39 is 5.82 Å². The maximum Gasteiger partial charge on any atom is 0.299 e. The first-order valence-corrected chi connectivity index (χ1v) is 13.6. The lowest BCUT2D eigenvalue weighted by Gasteiger charge is -2.38. The predicted molar refractivity (Wildman–Crippen MR) is 155 cm³/mol. The highest BCUT2D eigenvalue weighted by atomic mass is 32.1. The van der Waals surface area contributed by atoms with Gasteiger partial charge in [0.1, 0.15) is 29.8 Å². The van der Waals surface area contributed by atoms with Crippen LogP contribution in [0.25, 0.3) is 22.3 Å². The van der Waals surface area contributed by atoms with E-state index in [9.17, 15) is 4.79 Å². The van der Waals surface area contributed by atoms with Crippen LogP contribution in [0.5, 0.6) is 22.4 Å². The van der Waals surface area contributed by atoms with Crippen molar-refractivity contribution in [1.29, 1.82) is 0 Å². The molecule has 1 aliphatic heterocycles. The molecule has 13 heteroatoms. The van der Waals surface area contributed by atoms with Crippen molar-refractivity contribution in [2.75, 3.05) is 25.5 Å². The second-order valence-corrected chi connectivity index (χ2v) is 10.1. The number of halogens is 1. The van der Waals surface area contributed by atoms with Crippen LogP contribution in [-0.4, -0.2) is 61.4 Å². The number of ether oxygens (including phenoxy) is 3. The zero-order valence-corrected chi connectivity index (χ0v) is 23.4. The van der Waals surface area contributed by atoms with Crippen LogP contribution in [0.1, 0.15) is 5.69 Å². The first-order chi connectivity index (χ1) is 20.4. The van der Waals surface area contributed by atoms with E-state index in [1.165, 1.54) is 25.6 Å². The molecule has 5 aromatic rings. The van der Waals surface area contributed by atoms with E-state index >= 15 is 4.39 Å². The van der Waals surface area contributed by atoms with E-state index in [1.54, 1.807) is 35.4 Å². The number of anilines is 2. The lowest BCUT2D eigenvalue weighted by molar-refractivity contribution is -0.134. The minimum atomic E-state index is -0.557. The fraction of sp³-hybridized carbons (Fsp3) is 0.172. The van der Waals surface area contributed by atoms with Gasteiger partial charge in [-0.15, -0.1) is 0 Å². The maximum absolute atomic E-state index is 15.2. The summed E-state index contributed by atoms with van der Waals surface area (Å²) in [5, 5.41) is 3.91. The summed E-state index contributed by atoms with van der Waals surface area (Å²) in [4.78, 5) is 30.7. The summed E-state index contributed by atoms with van der Waals surface area (Å²) in [6.45, 7) is 6.27. The third-order valence-electron chi connectivity index (χ3n) is 6.52. The van der Waals surface area contributed by atoms with Gasteiger partial charge in [0.2, 0.25) is 5.91 Å². The fourth-order valence-corrected chi connectivity index (χ4v) is 4.85. The van der Waals surface area contributed by atoms with Gasteiger partial charge in [0.15, 0.2) is 17.3 Å². The minimum absolute atomic E-state index is 0.147. The number of aryl methyl sites for hydroxylation is 1. The minimum Gasteiger partial charge on any atom is -0.493 e. The Morgan fingerprint density at radius 2 is 2.00 bits per heavy atom. The number of pyridine rings is 1. The van der Waals surface area contributed by atoms with Gasteiger partial charge in [0.25, 0.3) is 5.19 Å². The number of aromatic nitrogens is 5. The molecule has 0 atom stereocenters. The van der Waals surface area contributed by atoms with Gasteiger partial charge in [-0.1, -0.05) is 6.58 Å².